The molecule has 1 aromatic heterocycles. The van der Waals surface area contributed by atoms with Gasteiger partial charge < -0.3 is 5.11 Å². The standard InChI is InChI=1S/C10H11N3O/c1-7-3-9(10(14)4-8(7)2)13-5-11-12-6-13/h3-6,14H,1-2H3. The van der Waals surface area contributed by atoms with Gasteiger partial charge in [-0.3, -0.25) is 4.57 Å². The summed E-state index contributed by atoms with van der Waals surface area (Å²) in [5.74, 6) is 0.243. The van der Waals surface area contributed by atoms with Crippen molar-refractivity contribution in [3.8, 4) is 11.4 Å². The molecule has 0 spiro atoms. The molecule has 0 bridgehead atoms. The van der Waals surface area contributed by atoms with E-state index in [1.807, 2.05) is 19.9 Å². The van der Waals surface area contributed by atoms with Crippen LogP contribution in [0.2, 0.25) is 0 Å². The van der Waals surface area contributed by atoms with Crippen LogP contribution in [-0.2, 0) is 0 Å². The highest BCUT2D eigenvalue weighted by Gasteiger charge is 2.05. The van der Waals surface area contributed by atoms with E-state index in [9.17, 15) is 5.11 Å². The molecule has 2 aromatic rings. The van der Waals surface area contributed by atoms with Crippen molar-refractivity contribution in [1.29, 1.82) is 0 Å². The van der Waals surface area contributed by atoms with Gasteiger partial charge in [-0.05, 0) is 37.1 Å². The van der Waals surface area contributed by atoms with Crippen LogP contribution in [0.25, 0.3) is 5.69 Å². The topological polar surface area (TPSA) is 50.9 Å². The summed E-state index contributed by atoms with van der Waals surface area (Å²) in [5, 5.41) is 17.1. The first-order valence-corrected chi connectivity index (χ1v) is 4.33. The quantitative estimate of drug-likeness (QED) is 0.741. The Bertz CT molecular complexity index is 449. The molecule has 1 N–H and O–H groups in total. The Labute approximate surface area is 81.8 Å². The van der Waals surface area contributed by atoms with Gasteiger partial charge in [0.25, 0.3) is 0 Å². The number of phenolic OH excluding ortho intramolecular Hbond substituents is 1. The summed E-state index contributed by atoms with van der Waals surface area (Å²) in [6.07, 6.45) is 3.12. The fraction of sp³-hybridized carbons (Fsp3) is 0.200. The molecule has 0 radical (unpaired) electrons. The Hall–Kier alpha value is -1.84. The van der Waals surface area contributed by atoms with Crippen molar-refractivity contribution in [3.63, 3.8) is 0 Å². The van der Waals surface area contributed by atoms with Crippen molar-refractivity contribution in [2.75, 3.05) is 0 Å². The number of rotatable bonds is 1. The summed E-state index contributed by atoms with van der Waals surface area (Å²) < 4.78 is 1.68. The van der Waals surface area contributed by atoms with Crippen LogP contribution in [0, 0.1) is 13.8 Å². The Balaban J connectivity index is 2.60. The average molecular weight is 189 g/mol. The Morgan fingerprint density at radius 2 is 1.64 bits per heavy atom. The highest BCUT2D eigenvalue weighted by atomic mass is 16.3. The lowest BCUT2D eigenvalue weighted by molar-refractivity contribution is 0.471. The largest absolute Gasteiger partial charge is 0.506 e. The summed E-state index contributed by atoms with van der Waals surface area (Å²) in [4.78, 5) is 0. The second-order valence-electron chi connectivity index (χ2n) is 3.29. The average Bonchev–Trinajstić information content (AvgIpc) is 2.64. The molecular weight excluding hydrogens is 178 g/mol. The van der Waals surface area contributed by atoms with Gasteiger partial charge in [-0.15, -0.1) is 10.2 Å². The molecule has 2 rings (SSSR count). The summed E-state index contributed by atoms with van der Waals surface area (Å²) in [6.45, 7) is 3.97. The molecule has 72 valence electrons. The molecule has 0 atom stereocenters. The second kappa shape index (κ2) is 3.14. The van der Waals surface area contributed by atoms with E-state index in [-0.39, 0.29) is 5.75 Å². The number of phenols is 1. The van der Waals surface area contributed by atoms with Gasteiger partial charge in [0.05, 0.1) is 5.69 Å². The lowest BCUT2D eigenvalue weighted by Gasteiger charge is -2.07. The number of nitrogens with zero attached hydrogens (tertiary/aromatic N) is 3. The molecule has 0 aliphatic carbocycles. The molecule has 4 nitrogen and oxygen atoms in total. The van der Waals surface area contributed by atoms with E-state index in [1.165, 1.54) is 0 Å². The highest BCUT2D eigenvalue weighted by Crippen LogP contribution is 2.24. The van der Waals surface area contributed by atoms with E-state index in [1.54, 1.807) is 23.3 Å². The van der Waals surface area contributed by atoms with Crippen LogP contribution in [0.3, 0.4) is 0 Å². The first-order chi connectivity index (χ1) is 6.68. The Kier molecular flexibility index (Phi) is 1.96. The van der Waals surface area contributed by atoms with Gasteiger partial charge in [-0.1, -0.05) is 0 Å². The molecule has 0 aliphatic rings. The summed E-state index contributed by atoms with van der Waals surface area (Å²) in [6, 6.07) is 3.65. The van der Waals surface area contributed by atoms with Gasteiger partial charge in [0, 0.05) is 0 Å². The normalized spacial score (nSPS) is 10.4. The molecule has 0 fully saturated rings. The van der Waals surface area contributed by atoms with Crippen molar-refractivity contribution in [3.05, 3.63) is 35.9 Å². The van der Waals surface area contributed by atoms with Crippen LogP contribution >= 0.6 is 0 Å². The molecular formula is C10H11N3O. The van der Waals surface area contributed by atoms with Crippen LogP contribution < -0.4 is 0 Å². The molecule has 0 aliphatic heterocycles. The minimum Gasteiger partial charge on any atom is -0.506 e. The predicted molar refractivity (Wildman–Crippen MR) is 52.5 cm³/mol. The van der Waals surface area contributed by atoms with Crippen molar-refractivity contribution < 1.29 is 5.11 Å². The fourth-order valence-corrected chi connectivity index (χ4v) is 1.32. The first kappa shape index (κ1) is 8.74. The van der Waals surface area contributed by atoms with Gasteiger partial charge in [0.1, 0.15) is 18.4 Å². The van der Waals surface area contributed by atoms with Crippen LogP contribution in [0.15, 0.2) is 24.8 Å². The molecule has 0 saturated heterocycles. The minimum atomic E-state index is 0.243. The maximum atomic E-state index is 9.71. The number of aryl methyl sites for hydroxylation is 2. The van der Waals surface area contributed by atoms with E-state index in [4.69, 9.17) is 0 Å². The van der Waals surface area contributed by atoms with Gasteiger partial charge in [0.2, 0.25) is 0 Å². The zero-order chi connectivity index (χ0) is 10.1. The summed E-state index contributed by atoms with van der Waals surface area (Å²) >= 11 is 0. The number of aromatic hydroxyl groups is 1. The van der Waals surface area contributed by atoms with E-state index in [2.05, 4.69) is 10.2 Å². The van der Waals surface area contributed by atoms with Gasteiger partial charge in [-0.25, -0.2) is 0 Å². The van der Waals surface area contributed by atoms with Crippen LogP contribution in [-0.4, -0.2) is 19.9 Å². The zero-order valence-corrected chi connectivity index (χ0v) is 8.10. The van der Waals surface area contributed by atoms with E-state index in [0.717, 1.165) is 11.1 Å². The number of aromatic nitrogens is 3. The van der Waals surface area contributed by atoms with Crippen molar-refractivity contribution in [2.24, 2.45) is 0 Å². The maximum absolute atomic E-state index is 9.71. The smallest absolute Gasteiger partial charge is 0.139 e. The maximum Gasteiger partial charge on any atom is 0.139 e. The lowest BCUT2D eigenvalue weighted by Crippen LogP contribution is -1.93. The lowest BCUT2D eigenvalue weighted by atomic mass is 10.1. The number of benzene rings is 1. The van der Waals surface area contributed by atoms with Crippen molar-refractivity contribution in [2.45, 2.75) is 13.8 Å². The Morgan fingerprint density at radius 1 is 1.07 bits per heavy atom. The highest BCUT2D eigenvalue weighted by molar-refractivity contribution is 5.50. The van der Waals surface area contributed by atoms with E-state index in [0.29, 0.717) is 5.69 Å². The third-order valence-electron chi connectivity index (χ3n) is 2.29. The summed E-state index contributed by atoms with van der Waals surface area (Å²) in [5.41, 5.74) is 2.91. The monoisotopic (exact) mass is 189 g/mol. The Morgan fingerprint density at radius 3 is 2.29 bits per heavy atom. The molecule has 0 amide bonds. The van der Waals surface area contributed by atoms with E-state index >= 15 is 0 Å². The molecule has 4 heteroatoms. The van der Waals surface area contributed by atoms with Crippen LogP contribution in [0.5, 0.6) is 5.75 Å². The molecule has 1 heterocycles. The summed E-state index contributed by atoms with van der Waals surface area (Å²) in [7, 11) is 0. The molecule has 0 unspecified atom stereocenters. The van der Waals surface area contributed by atoms with Crippen LogP contribution in [0.1, 0.15) is 11.1 Å². The van der Waals surface area contributed by atoms with E-state index < -0.39 is 0 Å². The van der Waals surface area contributed by atoms with Gasteiger partial charge >= 0.3 is 0 Å². The third-order valence-corrected chi connectivity index (χ3v) is 2.29. The first-order valence-electron chi connectivity index (χ1n) is 4.33. The molecule has 1 aromatic carbocycles. The van der Waals surface area contributed by atoms with Crippen molar-refractivity contribution in [1.82, 2.24) is 14.8 Å². The van der Waals surface area contributed by atoms with Crippen molar-refractivity contribution >= 4 is 0 Å². The predicted octanol–water partition coefficient (Wildman–Crippen LogP) is 1.59. The number of hydrogen-bond donors (Lipinski definition) is 1. The molecule has 14 heavy (non-hydrogen) atoms. The van der Waals surface area contributed by atoms with Crippen LogP contribution in [0.4, 0.5) is 0 Å². The molecule has 0 saturated carbocycles. The third kappa shape index (κ3) is 1.35. The van der Waals surface area contributed by atoms with Gasteiger partial charge in [-0.2, -0.15) is 0 Å². The van der Waals surface area contributed by atoms with Gasteiger partial charge in [0.15, 0.2) is 0 Å². The minimum absolute atomic E-state index is 0.243. The number of hydrogen-bond acceptors (Lipinski definition) is 3. The zero-order valence-electron chi connectivity index (χ0n) is 8.10. The fourth-order valence-electron chi connectivity index (χ4n) is 1.32. The second-order valence-corrected chi connectivity index (χ2v) is 3.29. The SMILES string of the molecule is Cc1cc(O)c(-n2cnnc2)cc1C.